The number of primary amides is 1. The molecular weight excluding hydrogens is 442 g/mol. The van der Waals surface area contributed by atoms with Crippen molar-refractivity contribution < 1.29 is 33.1 Å². The molecule has 0 radical (unpaired) electrons. The van der Waals surface area contributed by atoms with Crippen LogP contribution >= 0.6 is 0 Å². The van der Waals surface area contributed by atoms with Crippen molar-refractivity contribution >= 4 is 35.5 Å². The number of furan rings is 1. The number of carbonyl (C=O) groups excluding carboxylic acids is 5. The first-order valence-corrected chi connectivity index (χ1v) is 11.2. The summed E-state index contributed by atoms with van der Waals surface area (Å²) in [5.74, 6) is -3.50. The fourth-order valence-electron chi connectivity index (χ4n) is 4.56. The van der Waals surface area contributed by atoms with Gasteiger partial charge >= 0.3 is 5.97 Å². The predicted molar refractivity (Wildman–Crippen MR) is 120 cm³/mol. The lowest BCUT2D eigenvalue weighted by atomic mass is 9.94. The van der Waals surface area contributed by atoms with Crippen LogP contribution in [0.5, 0.6) is 0 Å². The standard InChI is InChI=1S/C24H25N3O7/c1-3-33-24(32)17-12(2)34-21(18(17)19(25)28)26-20(29)13-9-10-15-16(11-13)23(31)27(22(15)30)14-7-5-4-6-8-14/h9-11,14H,3-8H2,1-2H3,(H2,25,28)(H,26,29). The molecule has 4 amide bonds. The van der Waals surface area contributed by atoms with Gasteiger partial charge < -0.3 is 14.9 Å². The van der Waals surface area contributed by atoms with Gasteiger partial charge in [0.25, 0.3) is 23.6 Å². The van der Waals surface area contributed by atoms with E-state index >= 15 is 0 Å². The second-order valence-electron chi connectivity index (χ2n) is 8.31. The van der Waals surface area contributed by atoms with Crippen LogP contribution in [0.25, 0.3) is 0 Å². The Morgan fingerprint density at radius 2 is 1.76 bits per heavy atom. The van der Waals surface area contributed by atoms with Gasteiger partial charge in [-0.25, -0.2) is 4.79 Å². The third-order valence-electron chi connectivity index (χ3n) is 6.16. The molecule has 2 aromatic rings. The molecule has 34 heavy (non-hydrogen) atoms. The number of hydrogen-bond donors (Lipinski definition) is 2. The summed E-state index contributed by atoms with van der Waals surface area (Å²) in [6.45, 7) is 3.12. The first-order valence-electron chi connectivity index (χ1n) is 11.2. The van der Waals surface area contributed by atoms with Crippen molar-refractivity contribution in [3.8, 4) is 0 Å². The minimum Gasteiger partial charge on any atom is -0.462 e. The van der Waals surface area contributed by atoms with E-state index in [1.54, 1.807) is 6.92 Å². The fraction of sp³-hybridized carbons (Fsp3) is 0.375. The Morgan fingerprint density at radius 1 is 1.09 bits per heavy atom. The van der Waals surface area contributed by atoms with E-state index in [-0.39, 0.29) is 58.0 Å². The van der Waals surface area contributed by atoms with Gasteiger partial charge in [-0.3, -0.25) is 29.4 Å². The number of ether oxygens (including phenoxy) is 1. The lowest BCUT2D eigenvalue weighted by molar-refractivity contribution is 0.0517. The number of nitrogens with two attached hydrogens (primary N) is 1. The highest BCUT2D eigenvalue weighted by atomic mass is 16.5. The Labute approximate surface area is 195 Å². The van der Waals surface area contributed by atoms with Gasteiger partial charge in [-0.05, 0) is 44.9 Å². The first kappa shape index (κ1) is 23.2. The average Bonchev–Trinajstić information content (AvgIpc) is 3.27. The number of carbonyl (C=O) groups is 5. The van der Waals surface area contributed by atoms with Crippen molar-refractivity contribution in [1.29, 1.82) is 0 Å². The number of anilines is 1. The number of aryl methyl sites for hydroxylation is 1. The molecule has 0 spiro atoms. The molecule has 0 saturated heterocycles. The zero-order chi connectivity index (χ0) is 24.6. The molecule has 0 atom stereocenters. The monoisotopic (exact) mass is 467 g/mol. The van der Waals surface area contributed by atoms with Crippen LogP contribution in [0, 0.1) is 6.92 Å². The smallest absolute Gasteiger partial charge is 0.342 e. The minimum absolute atomic E-state index is 0.0559. The summed E-state index contributed by atoms with van der Waals surface area (Å²) in [6, 6.07) is 4.07. The second kappa shape index (κ2) is 9.12. The molecule has 1 aromatic heterocycles. The van der Waals surface area contributed by atoms with E-state index in [9.17, 15) is 24.0 Å². The van der Waals surface area contributed by atoms with E-state index in [1.807, 2.05) is 0 Å². The fourth-order valence-corrected chi connectivity index (χ4v) is 4.56. The Bertz CT molecular complexity index is 1210. The molecule has 10 heteroatoms. The third-order valence-corrected chi connectivity index (χ3v) is 6.16. The molecule has 0 unspecified atom stereocenters. The summed E-state index contributed by atoms with van der Waals surface area (Å²) in [5.41, 5.74) is 5.44. The van der Waals surface area contributed by atoms with Crippen molar-refractivity contribution in [2.45, 2.75) is 52.0 Å². The summed E-state index contributed by atoms with van der Waals surface area (Å²) in [5, 5.41) is 2.43. The number of nitrogens with zero attached hydrogens (tertiary/aromatic N) is 1. The zero-order valence-corrected chi connectivity index (χ0v) is 18.9. The molecule has 0 bridgehead atoms. The zero-order valence-electron chi connectivity index (χ0n) is 18.9. The molecular formula is C24H25N3O7. The van der Waals surface area contributed by atoms with Crippen molar-refractivity contribution in [2.24, 2.45) is 5.73 Å². The van der Waals surface area contributed by atoms with Crippen LogP contribution in [0.3, 0.4) is 0 Å². The molecule has 4 rings (SSSR count). The number of imide groups is 1. The topological polar surface area (TPSA) is 149 Å². The molecule has 1 aliphatic carbocycles. The number of amides is 4. The number of esters is 1. The van der Waals surface area contributed by atoms with E-state index in [4.69, 9.17) is 14.9 Å². The molecule has 3 N–H and O–H groups in total. The summed E-state index contributed by atoms with van der Waals surface area (Å²) in [7, 11) is 0. The predicted octanol–water partition coefficient (Wildman–Crippen LogP) is 3.04. The molecule has 178 valence electrons. The Morgan fingerprint density at radius 3 is 2.41 bits per heavy atom. The van der Waals surface area contributed by atoms with Crippen LogP contribution in [0.15, 0.2) is 22.6 Å². The number of hydrogen-bond acceptors (Lipinski definition) is 7. The van der Waals surface area contributed by atoms with Crippen molar-refractivity contribution in [3.63, 3.8) is 0 Å². The largest absolute Gasteiger partial charge is 0.462 e. The molecule has 1 aromatic carbocycles. The molecule has 1 fully saturated rings. The van der Waals surface area contributed by atoms with Crippen LogP contribution in [0.2, 0.25) is 0 Å². The van der Waals surface area contributed by atoms with Crippen molar-refractivity contribution in [1.82, 2.24) is 4.90 Å². The van der Waals surface area contributed by atoms with E-state index in [2.05, 4.69) is 5.32 Å². The Hall–Kier alpha value is -3.95. The second-order valence-corrected chi connectivity index (χ2v) is 8.31. The normalized spacial score (nSPS) is 15.9. The molecule has 1 aliphatic heterocycles. The van der Waals surface area contributed by atoms with Crippen LogP contribution in [0.1, 0.15) is 96.6 Å². The van der Waals surface area contributed by atoms with Crippen LogP contribution in [0.4, 0.5) is 5.88 Å². The van der Waals surface area contributed by atoms with Gasteiger partial charge in [0, 0.05) is 11.6 Å². The number of fused-ring (bicyclic) bond motifs is 1. The van der Waals surface area contributed by atoms with Gasteiger partial charge in [0.15, 0.2) is 0 Å². The lowest BCUT2D eigenvalue weighted by Crippen LogP contribution is -2.40. The maximum atomic E-state index is 13.0. The van der Waals surface area contributed by atoms with E-state index in [1.165, 1.54) is 30.0 Å². The van der Waals surface area contributed by atoms with Gasteiger partial charge in [0.2, 0.25) is 5.88 Å². The summed E-state index contributed by atoms with van der Waals surface area (Å²) in [4.78, 5) is 64.3. The van der Waals surface area contributed by atoms with E-state index < -0.39 is 23.7 Å². The van der Waals surface area contributed by atoms with Crippen LogP contribution in [-0.4, -0.2) is 47.1 Å². The maximum Gasteiger partial charge on any atom is 0.342 e. The molecule has 2 heterocycles. The van der Waals surface area contributed by atoms with E-state index in [0.717, 1.165) is 32.1 Å². The summed E-state index contributed by atoms with van der Waals surface area (Å²) in [6.07, 6.45) is 4.56. The molecule has 1 saturated carbocycles. The molecule has 10 nitrogen and oxygen atoms in total. The summed E-state index contributed by atoms with van der Waals surface area (Å²) >= 11 is 0. The minimum atomic E-state index is -0.979. The third kappa shape index (κ3) is 3.95. The highest BCUT2D eigenvalue weighted by Gasteiger charge is 2.40. The van der Waals surface area contributed by atoms with Crippen LogP contribution < -0.4 is 11.1 Å². The first-order chi connectivity index (χ1) is 16.2. The maximum absolute atomic E-state index is 13.0. The Balaban J connectivity index is 1.61. The van der Waals surface area contributed by atoms with Crippen molar-refractivity contribution in [2.75, 3.05) is 11.9 Å². The average molecular weight is 467 g/mol. The lowest BCUT2D eigenvalue weighted by Gasteiger charge is -2.29. The quantitative estimate of drug-likeness (QED) is 0.490. The van der Waals surface area contributed by atoms with E-state index in [0.29, 0.717) is 0 Å². The number of nitrogens with one attached hydrogen (secondary N) is 1. The van der Waals surface area contributed by atoms with Gasteiger partial charge in [0.1, 0.15) is 16.9 Å². The van der Waals surface area contributed by atoms with Gasteiger partial charge in [0.05, 0.1) is 17.7 Å². The Kier molecular flexibility index (Phi) is 6.23. The molecule has 2 aliphatic rings. The van der Waals surface area contributed by atoms with Gasteiger partial charge in [-0.1, -0.05) is 19.3 Å². The van der Waals surface area contributed by atoms with Crippen molar-refractivity contribution in [3.05, 3.63) is 51.8 Å². The highest BCUT2D eigenvalue weighted by Crippen LogP contribution is 2.32. The highest BCUT2D eigenvalue weighted by molar-refractivity contribution is 6.22. The number of benzene rings is 1. The van der Waals surface area contributed by atoms with Crippen LogP contribution in [-0.2, 0) is 4.74 Å². The summed E-state index contributed by atoms with van der Waals surface area (Å²) < 4.78 is 10.4. The van der Waals surface area contributed by atoms with Gasteiger partial charge in [-0.2, -0.15) is 0 Å². The number of rotatable bonds is 6. The van der Waals surface area contributed by atoms with Gasteiger partial charge in [-0.15, -0.1) is 0 Å². The SMILES string of the molecule is CCOC(=O)c1c(C)oc(NC(=O)c2ccc3c(c2)C(=O)N(C2CCCCC2)C3=O)c1C(N)=O.